The zero-order chi connectivity index (χ0) is 15.4. The number of nitrogen functional groups attached to an aromatic ring is 1. The summed E-state index contributed by atoms with van der Waals surface area (Å²) in [5.74, 6) is 0.658. The van der Waals surface area contributed by atoms with Gasteiger partial charge in [-0.15, -0.1) is 5.10 Å². The second-order valence-electron chi connectivity index (χ2n) is 4.23. The third-order valence-electron chi connectivity index (χ3n) is 3.14. The standard InChI is InChI=1S/C13H18N6O2/c1-4-18(5-2)12-10(13(20)21-3)11(14)19(17-12)9-6-7-15-8-16-9/h6-8H,4-5,14H2,1-3H3. The molecule has 0 aliphatic heterocycles. The van der Waals surface area contributed by atoms with Gasteiger partial charge >= 0.3 is 5.97 Å². The third-order valence-corrected chi connectivity index (χ3v) is 3.14. The fourth-order valence-corrected chi connectivity index (χ4v) is 2.05. The summed E-state index contributed by atoms with van der Waals surface area (Å²) in [5.41, 5.74) is 6.32. The van der Waals surface area contributed by atoms with E-state index in [1.54, 1.807) is 12.3 Å². The molecule has 0 saturated heterocycles. The predicted octanol–water partition coefficient (Wildman–Crippen LogP) is 0.877. The Morgan fingerprint density at radius 3 is 2.67 bits per heavy atom. The van der Waals surface area contributed by atoms with Crippen molar-refractivity contribution in [1.29, 1.82) is 0 Å². The Hall–Kier alpha value is -2.64. The number of aromatic nitrogens is 4. The maximum atomic E-state index is 12.0. The summed E-state index contributed by atoms with van der Waals surface area (Å²) in [6.45, 7) is 5.34. The van der Waals surface area contributed by atoms with Crippen LogP contribution in [0.25, 0.3) is 5.82 Å². The van der Waals surface area contributed by atoms with Crippen LogP contribution in [0.1, 0.15) is 24.2 Å². The molecule has 0 aromatic carbocycles. The van der Waals surface area contributed by atoms with Gasteiger partial charge in [-0.1, -0.05) is 0 Å². The van der Waals surface area contributed by atoms with Crippen molar-refractivity contribution in [3.05, 3.63) is 24.2 Å². The first-order valence-electron chi connectivity index (χ1n) is 6.62. The smallest absolute Gasteiger partial charge is 0.345 e. The number of nitrogens with two attached hydrogens (primary N) is 1. The molecule has 8 heteroatoms. The van der Waals surface area contributed by atoms with Crippen LogP contribution in [-0.4, -0.2) is 45.9 Å². The number of carbonyl (C=O) groups is 1. The molecule has 2 N–H and O–H groups in total. The van der Waals surface area contributed by atoms with Crippen LogP contribution in [-0.2, 0) is 4.74 Å². The first-order valence-corrected chi connectivity index (χ1v) is 6.62. The van der Waals surface area contributed by atoms with E-state index in [1.165, 1.54) is 18.1 Å². The molecule has 0 aliphatic carbocycles. The summed E-state index contributed by atoms with van der Waals surface area (Å²) in [7, 11) is 1.32. The molecule has 0 saturated carbocycles. The van der Waals surface area contributed by atoms with Crippen molar-refractivity contribution in [2.75, 3.05) is 30.8 Å². The van der Waals surface area contributed by atoms with E-state index in [0.717, 1.165) is 0 Å². The van der Waals surface area contributed by atoms with Crippen LogP contribution >= 0.6 is 0 Å². The highest BCUT2D eigenvalue weighted by Gasteiger charge is 2.26. The lowest BCUT2D eigenvalue weighted by Crippen LogP contribution is -2.24. The molecular formula is C13H18N6O2. The van der Waals surface area contributed by atoms with E-state index in [-0.39, 0.29) is 11.4 Å². The van der Waals surface area contributed by atoms with Crippen LogP contribution in [0.5, 0.6) is 0 Å². The Bertz CT molecular complexity index is 621. The van der Waals surface area contributed by atoms with Crippen molar-refractivity contribution in [3.8, 4) is 5.82 Å². The van der Waals surface area contributed by atoms with Gasteiger partial charge in [-0.25, -0.2) is 14.8 Å². The number of esters is 1. The van der Waals surface area contributed by atoms with Crippen LogP contribution in [0.15, 0.2) is 18.6 Å². The van der Waals surface area contributed by atoms with Crippen LogP contribution in [0.4, 0.5) is 11.6 Å². The van der Waals surface area contributed by atoms with Gasteiger partial charge in [0.05, 0.1) is 7.11 Å². The summed E-state index contributed by atoms with van der Waals surface area (Å²) < 4.78 is 6.23. The van der Waals surface area contributed by atoms with E-state index in [2.05, 4.69) is 15.1 Å². The lowest BCUT2D eigenvalue weighted by molar-refractivity contribution is 0.0602. The van der Waals surface area contributed by atoms with Gasteiger partial charge in [-0.05, 0) is 13.8 Å². The Morgan fingerprint density at radius 2 is 2.14 bits per heavy atom. The number of nitrogens with zero attached hydrogens (tertiary/aromatic N) is 5. The second kappa shape index (κ2) is 6.21. The van der Waals surface area contributed by atoms with E-state index >= 15 is 0 Å². The van der Waals surface area contributed by atoms with Gasteiger partial charge in [-0.2, -0.15) is 4.68 Å². The molecule has 8 nitrogen and oxygen atoms in total. The molecule has 0 amide bonds. The third kappa shape index (κ3) is 2.64. The minimum atomic E-state index is -0.519. The lowest BCUT2D eigenvalue weighted by atomic mass is 10.2. The molecule has 2 aromatic rings. The molecule has 0 spiro atoms. The van der Waals surface area contributed by atoms with Gasteiger partial charge in [0, 0.05) is 25.4 Å². The summed E-state index contributed by atoms with van der Waals surface area (Å²) in [4.78, 5) is 21.9. The highest BCUT2D eigenvalue weighted by Crippen LogP contribution is 2.27. The maximum absolute atomic E-state index is 12.0. The monoisotopic (exact) mass is 290 g/mol. The first-order chi connectivity index (χ1) is 10.1. The SMILES string of the molecule is CCN(CC)c1nn(-c2ccncn2)c(N)c1C(=O)OC. The number of rotatable bonds is 5. The number of ether oxygens (including phenoxy) is 1. The molecule has 0 atom stereocenters. The summed E-state index contributed by atoms with van der Waals surface area (Å²) in [6.07, 6.45) is 2.98. The van der Waals surface area contributed by atoms with Crippen molar-refractivity contribution >= 4 is 17.6 Å². The molecule has 21 heavy (non-hydrogen) atoms. The maximum Gasteiger partial charge on any atom is 0.345 e. The largest absolute Gasteiger partial charge is 0.465 e. The number of methoxy groups -OCH3 is 1. The van der Waals surface area contributed by atoms with E-state index in [0.29, 0.717) is 24.7 Å². The number of hydrogen-bond acceptors (Lipinski definition) is 7. The highest BCUT2D eigenvalue weighted by atomic mass is 16.5. The Balaban J connectivity index is 2.62. The fraction of sp³-hybridized carbons (Fsp3) is 0.385. The second-order valence-corrected chi connectivity index (χ2v) is 4.23. The van der Waals surface area contributed by atoms with Gasteiger partial charge in [0.25, 0.3) is 0 Å². The summed E-state index contributed by atoms with van der Waals surface area (Å²) >= 11 is 0. The van der Waals surface area contributed by atoms with Gasteiger partial charge in [0.1, 0.15) is 17.7 Å². The lowest BCUT2D eigenvalue weighted by Gasteiger charge is -2.18. The first kappa shape index (κ1) is 14.8. The van der Waals surface area contributed by atoms with Crippen LogP contribution in [0.3, 0.4) is 0 Å². The molecule has 0 bridgehead atoms. The van der Waals surface area contributed by atoms with Crippen LogP contribution < -0.4 is 10.6 Å². The molecule has 0 unspecified atom stereocenters. The van der Waals surface area contributed by atoms with Gasteiger partial charge < -0.3 is 15.4 Å². The van der Waals surface area contributed by atoms with E-state index in [1.807, 2.05) is 18.7 Å². The molecular weight excluding hydrogens is 272 g/mol. The minimum absolute atomic E-state index is 0.197. The zero-order valence-electron chi connectivity index (χ0n) is 12.3. The van der Waals surface area contributed by atoms with Gasteiger partial charge in [0.15, 0.2) is 11.6 Å². The van der Waals surface area contributed by atoms with E-state index in [9.17, 15) is 4.79 Å². The number of anilines is 2. The normalized spacial score (nSPS) is 10.4. The van der Waals surface area contributed by atoms with Crippen molar-refractivity contribution in [2.24, 2.45) is 0 Å². The Kier molecular flexibility index (Phi) is 4.36. The summed E-state index contributed by atoms with van der Waals surface area (Å²) in [5, 5.41) is 4.42. The number of hydrogen-bond donors (Lipinski definition) is 1. The topological polar surface area (TPSA) is 99.2 Å². The van der Waals surface area contributed by atoms with E-state index in [4.69, 9.17) is 10.5 Å². The average Bonchev–Trinajstić information content (AvgIpc) is 2.86. The fourth-order valence-electron chi connectivity index (χ4n) is 2.05. The van der Waals surface area contributed by atoms with Crippen molar-refractivity contribution in [2.45, 2.75) is 13.8 Å². The predicted molar refractivity (Wildman–Crippen MR) is 78.5 cm³/mol. The Morgan fingerprint density at radius 1 is 1.43 bits per heavy atom. The molecule has 0 radical (unpaired) electrons. The minimum Gasteiger partial charge on any atom is -0.465 e. The average molecular weight is 290 g/mol. The van der Waals surface area contributed by atoms with E-state index < -0.39 is 5.97 Å². The quantitative estimate of drug-likeness (QED) is 0.816. The van der Waals surface area contributed by atoms with Gasteiger partial charge in [-0.3, -0.25) is 0 Å². The summed E-state index contributed by atoms with van der Waals surface area (Å²) in [6, 6.07) is 1.66. The molecule has 2 rings (SSSR count). The van der Waals surface area contributed by atoms with Crippen LogP contribution in [0.2, 0.25) is 0 Å². The number of carbonyl (C=O) groups excluding carboxylic acids is 1. The van der Waals surface area contributed by atoms with Crippen LogP contribution in [0, 0.1) is 0 Å². The molecule has 0 fully saturated rings. The zero-order valence-corrected chi connectivity index (χ0v) is 12.3. The molecule has 2 heterocycles. The van der Waals surface area contributed by atoms with Crippen molar-refractivity contribution in [3.63, 3.8) is 0 Å². The Labute approximate surface area is 122 Å². The molecule has 2 aromatic heterocycles. The highest BCUT2D eigenvalue weighted by molar-refractivity contribution is 6.00. The van der Waals surface area contributed by atoms with Gasteiger partial charge in [0.2, 0.25) is 0 Å². The molecule has 0 aliphatic rings. The van der Waals surface area contributed by atoms with Crippen molar-refractivity contribution < 1.29 is 9.53 Å². The molecule has 112 valence electrons. The van der Waals surface area contributed by atoms with Crippen molar-refractivity contribution in [1.82, 2.24) is 19.7 Å².